The van der Waals surface area contributed by atoms with Crippen LogP contribution in [0.2, 0.25) is 0 Å². The Hall–Kier alpha value is -1.06. The quantitative estimate of drug-likeness (QED) is 0.860. The van der Waals surface area contributed by atoms with Crippen molar-refractivity contribution in [3.05, 3.63) is 29.8 Å². The Bertz CT molecular complexity index is 469. The number of halogens is 1. The first kappa shape index (κ1) is 14.4. The van der Waals surface area contributed by atoms with Crippen LogP contribution in [0.25, 0.3) is 0 Å². The van der Waals surface area contributed by atoms with Gasteiger partial charge in [-0.3, -0.25) is 4.79 Å². The second-order valence-corrected chi connectivity index (χ2v) is 5.55. The van der Waals surface area contributed by atoms with E-state index in [1.165, 1.54) is 12.0 Å². The molecule has 19 heavy (non-hydrogen) atoms. The van der Waals surface area contributed by atoms with E-state index < -0.39 is 5.54 Å². The van der Waals surface area contributed by atoms with Crippen LogP contribution < -0.4 is 10.6 Å². The first-order chi connectivity index (χ1) is 8.71. The van der Waals surface area contributed by atoms with Crippen molar-refractivity contribution in [2.75, 3.05) is 11.4 Å². The lowest BCUT2D eigenvalue weighted by atomic mass is 9.81. The molecule has 3 rings (SSSR count). The Labute approximate surface area is 120 Å². The maximum Gasteiger partial charge on any atom is 0.247 e. The van der Waals surface area contributed by atoms with Crippen LogP contribution in [0.1, 0.15) is 37.7 Å². The van der Waals surface area contributed by atoms with Crippen molar-refractivity contribution in [2.24, 2.45) is 5.73 Å². The molecule has 0 radical (unpaired) electrons. The summed E-state index contributed by atoms with van der Waals surface area (Å²) in [6.45, 7) is 0.789. The van der Waals surface area contributed by atoms with Gasteiger partial charge in [0.25, 0.3) is 0 Å². The van der Waals surface area contributed by atoms with Crippen LogP contribution in [0.3, 0.4) is 0 Å². The molecule has 4 heteroatoms. The van der Waals surface area contributed by atoms with Gasteiger partial charge in [0.05, 0.1) is 5.54 Å². The van der Waals surface area contributed by atoms with Gasteiger partial charge in [-0.05, 0) is 30.9 Å². The minimum Gasteiger partial charge on any atom is -0.317 e. The molecule has 0 spiro atoms. The Balaban J connectivity index is 0.00000133. The molecule has 1 aromatic rings. The summed E-state index contributed by atoms with van der Waals surface area (Å²) in [5.74, 6) is 0.132. The summed E-state index contributed by atoms with van der Waals surface area (Å²) in [6.07, 6.45) is 6.01. The summed E-state index contributed by atoms with van der Waals surface area (Å²) in [7, 11) is 0. The number of hydrogen-bond donors (Lipinski definition) is 1. The van der Waals surface area contributed by atoms with E-state index in [2.05, 4.69) is 6.07 Å². The molecule has 1 fully saturated rings. The molecule has 1 aromatic carbocycles. The summed E-state index contributed by atoms with van der Waals surface area (Å²) in [5, 5.41) is 0. The number of benzene rings is 1. The zero-order valence-corrected chi connectivity index (χ0v) is 11.9. The minimum atomic E-state index is -0.615. The van der Waals surface area contributed by atoms with Gasteiger partial charge in [0, 0.05) is 12.2 Å². The number of rotatable bonds is 1. The van der Waals surface area contributed by atoms with Crippen LogP contribution in [0.15, 0.2) is 24.3 Å². The highest BCUT2D eigenvalue weighted by atomic mass is 35.5. The molecule has 2 N–H and O–H groups in total. The number of nitrogens with zero attached hydrogens (tertiary/aromatic N) is 1. The van der Waals surface area contributed by atoms with E-state index >= 15 is 0 Å². The van der Waals surface area contributed by atoms with Gasteiger partial charge in [0.2, 0.25) is 5.91 Å². The van der Waals surface area contributed by atoms with Gasteiger partial charge in [-0.15, -0.1) is 12.4 Å². The molecule has 0 atom stereocenters. The van der Waals surface area contributed by atoms with Crippen molar-refractivity contribution in [1.29, 1.82) is 0 Å². The summed E-state index contributed by atoms with van der Waals surface area (Å²) >= 11 is 0. The van der Waals surface area contributed by atoms with Gasteiger partial charge < -0.3 is 10.6 Å². The van der Waals surface area contributed by atoms with Gasteiger partial charge in [-0.2, -0.15) is 0 Å². The van der Waals surface area contributed by atoms with E-state index in [0.29, 0.717) is 0 Å². The second kappa shape index (κ2) is 5.51. The minimum absolute atomic E-state index is 0. The first-order valence-corrected chi connectivity index (χ1v) is 6.89. The lowest BCUT2D eigenvalue weighted by molar-refractivity contribution is -0.124. The maximum atomic E-state index is 12.7. The fourth-order valence-corrected chi connectivity index (χ4v) is 3.21. The summed E-state index contributed by atoms with van der Waals surface area (Å²) in [6, 6.07) is 8.17. The zero-order valence-electron chi connectivity index (χ0n) is 11.1. The van der Waals surface area contributed by atoms with Crippen molar-refractivity contribution in [1.82, 2.24) is 0 Å². The average molecular weight is 281 g/mol. The number of nitrogens with two attached hydrogens (primary N) is 1. The van der Waals surface area contributed by atoms with Crippen molar-refractivity contribution in [3.63, 3.8) is 0 Å². The highest BCUT2D eigenvalue weighted by molar-refractivity contribution is 6.01. The van der Waals surface area contributed by atoms with Crippen molar-refractivity contribution >= 4 is 24.0 Å². The van der Waals surface area contributed by atoms with Gasteiger partial charge in [0.1, 0.15) is 0 Å². The number of carbonyl (C=O) groups excluding carboxylic acids is 1. The fourth-order valence-electron chi connectivity index (χ4n) is 3.21. The van der Waals surface area contributed by atoms with Crippen LogP contribution >= 0.6 is 12.4 Å². The highest BCUT2D eigenvalue weighted by Gasteiger charge is 2.40. The molecule has 0 saturated heterocycles. The molecule has 1 saturated carbocycles. The largest absolute Gasteiger partial charge is 0.317 e. The normalized spacial score (nSPS) is 20.6. The molecule has 104 valence electrons. The molecular formula is C15H21ClN2O. The maximum absolute atomic E-state index is 12.7. The number of para-hydroxylation sites is 1. The van der Waals surface area contributed by atoms with E-state index in [1.807, 2.05) is 23.1 Å². The van der Waals surface area contributed by atoms with Gasteiger partial charge in [0.15, 0.2) is 0 Å². The average Bonchev–Trinajstić information content (AvgIpc) is 2.82. The van der Waals surface area contributed by atoms with Crippen molar-refractivity contribution < 1.29 is 4.79 Å². The predicted octanol–water partition coefficient (Wildman–Crippen LogP) is 2.66. The Kier molecular flexibility index (Phi) is 4.16. The van der Waals surface area contributed by atoms with Crippen molar-refractivity contribution in [2.45, 2.75) is 44.1 Å². The third-order valence-electron chi connectivity index (χ3n) is 4.30. The summed E-state index contributed by atoms with van der Waals surface area (Å²) in [4.78, 5) is 14.6. The monoisotopic (exact) mass is 280 g/mol. The molecule has 3 nitrogen and oxygen atoms in total. The molecule has 0 unspecified atom stereocenters. The van der Waals surface area contributed by atoms with Gasteiger partial charge >= 0.3 is 0 Å². The molecule has 0 bridgehead atoms. The number of anilines is 1. The molecule has 0 aromatic heterocycles. The van der Waals surface area contributed by atoms with Crippen molar-refractivity contribution in [3.8, 4) is 0 Å². The predicted molar refractivity (Wildman–Crippen MR) is 79.8 cm³/mol. The van der Waals surface area contributed by atoms with E-state index in [1.54, 1.807) is 0 Å². The Morgan fingerprint density at radius 3 is 2.58 bits per heavy atom. The number of carbonyl (C=O) groups is 1. The van der Waals surface area contributed by atoms with Crippen LogP contribution in [-0.2, 0) is 11.2 Å². The molecule has 1 amide bonds. The van der Waals surface area contributed by atoms with Crippen LogP contribution in [0.4, 0.5) is 5.69 Å². The van der Waals surface area contributed by atoms with Gasteiger partial charge in [-0.25, -0.2) is 0 Å². The molecule has 1 heterocycles. The smallest absolute Gasteiger partial charge is 0.247 e. The first-order valence-electron chi connectivity index (χ1n) is 6.89. The number of fused-ring (bicyclic) bond motifs is 1. The summed E-state index contributed by atoms with van der Waals surface area (Å²) < 4.78 is 0. The van der Waals surface area contributed by atoms with E-state index in [0.717, 1.165) is 44.3 Å². The van der Waals surface area contributed by atoms with Gasteiger partial charge in [-0.1, -0.05) is 37.5 Å². The van der Waals surface area contributed by atoms with Crippen LogP contribution in [0, 0.1) is 0 Å². The zero-order chi connectivity index (χ0) is 12.6. The van der Waals surface area contributed by atoms with E-state index in [9.17, 15) is 4.79 Å². The van der Waals surface area contributed by atoms with Crippen LogP contribution in [0.5, 0.6) is 0 Å². The van der Waals surface area contributed by atoms with Crippen LogP contribution in [-0.4, -0.2) is 18.0 Å². The third-order valence-corrected chi connectivity index (χ3v) is 4.30. The third kappa shape index (κ3) is 2.49. The second-order valence-electron chi connectivity index (χ2n) is 5.55. The molecule has 2 aliphatic rings. The highest BCUT2D eigenvalue weighted by Crippen LogP contribution is 2.33. The standard InChI is InChI=1S/C15H20N2O.ClH/c16-15(9-4-1-5-10-15)14(18)17-11-8-12-6-2-3-7-13(12)17;/h2-3,6-7H,1,4-5,8-11,16H2;1H. The van der Waals surface area contributed by atoms with E-state index in [-0.39, 0.29) is 18.3 Å². The fraction of sp³-hybridized carbons (Fsp3) is 0.533. The number of amides is 1. The Morgan fingerprint density at radius 2 is 1.84 bits per heavy atom. The number of hydrogen-bond acceptors (Lipinski definition) is 2. The Morgan fingerprint density at radius 1 is 1.16 bits per heavy atom. The lowest BCUT2D eigenvalue weighted by Crippen LogP contribution is -2.56. The summed E-state index contributed by atoms with van der Waals surface area (Å²) in [5.41, 5.74) is 8.07. The molecule has 1 aliphatic heterocycles. The molecule has 1 aliphatic carbocycles. The molecular weight excluding hydrogens is 260 g/mol. The lowest BCUT2D eigenvalue weighted by Gasteiger charge is -2.35. The SMILES string of the molecule is Cl.NC1(C(=O)N2CCc3ccccc32)CCCCC1. The van der Waals surface area contributed by atoms with E-state index in [4.69, 9.17) is 5.73 Å². The topological polar surface area (TPSA) is 46.3 Å².